The third-order valence-corrected chi connectivity index (χ3v) is 1.73. The molecule has 0 radical (unpaired) electrons. The van der Waals surface area contributed by atoms with E-state index in [0.29, 0.717) is 0 Å². The van der Waals surface area contributed by atoms with Crippen molar-refractivity contribution in [1.29, 1.82) is 0 Å². The van der Waals surface area contributed by atoms with Crippen LogP contribution in [0.25, 0.3) is 5.65 Å². The molecule has 0 bridgehead atoms. The molecule has 0 atom stereocenters. The Morgan fingerprint density at radius 2 is 1.85 bits per heavy atom. The van der Waals surface area contributed by atoms with E-state index in [4.69, 9.17) is 0 Å². The van der Waals surface area contributed by atoms with Crippen molar-refractivity contribution in [2.75, 3.05) is 0 Å². The molecule has 0 aliphatic rings. The molecular weight excluding hydrogens is 162 g/mol. The number of nitrogens with zero attached hydrogens (tertiary/aromatic N) is 3. The highest BCUT2D eigenvalue weighted by molar-refractivity contribution is 5.40. The smallest absolute Gasteiger partial charge is 0.139 e. The lowest BCUT2D eigenvalue weighted by atomic mass is 10.4. The number of fused-ring (bicyclic) bond motifs is 1. The summed E-state index contributed by atoms with van der Waals surface area (Å²) in [4.78, 5) is 8.37. The van der Waals surface area contributed by atoms with E-state index in [1.807, 2.05) is 44.4 Å². The molecule has 0 N–H and O–H groups in total. The quantitative estimate of drug-likeness (QED) is 0.618. The zero-order valence-electron chi connectivity index (χ0n) is 8.57. The summed E-state index contributed by atoms with van der Waals surface area (Å²) in [6, 6.07) is 1.97. The monoisotopic (exact) mass is 177 g/mol. The van der Waals surface area contributed by atoms with E-state index in [9.17, 15) is 0 Å². The number of rotatable bonds is 0. The van der Waals surface area contributed by atoms with Crippen LogP contribution in [0.3, 0.4) is 0 Å². The first kappa shape index (κ1) is 9.71. The molecule has 0 aliphatic heterocycles. The van der Waals surface area contributed by atoms with Crippen LogP contribution >= 0.6 is 0 Å². The molecule has 2 aromatic rings. The Hall–Kier alpha value is -1.38. The number of hydrogen-bond acceptors (Lipinski definition) is 2. The molecule has 13 heavy (non-hydrogen) atoms. The number of aromatic nitrogens is 3. The lowest BCUT2D eigenvalue weighted by Crippen LogP contribution is -1.90. The summed E-state index contributed by atoms with van der Waals surface area (Å²) in [6.45, 7) is 7.97. The Morgan fingerprint density at radius 3 is 2.54 bits per heavy atom. The molecule has 70 valence electrons. The highest BCUT2D eigenvalue weighted by atomic mass is 15.0. The van der Waals surface area contributed by atoms with Crippen molar-refractivity contribution in [2.24, 2.45) is 0 Å². The zero-order valence-corrected chi connectivity index (χ0v) is 8.57. The Labute approximate surface area is 78.5 Å². The first-order valence-corrected chi connectivity index (χ1v) is 4.54. The summed E-state index contributed by atoms with van der Waals surface area (Å²) in [6.07, 6.45) is 3.64. The Morgan fingerprint density at radius 1 is 1.15 bits per heavy atom. The molecular formula is C10H15N3. The molecule has 0 spiro atoms. The zero-order chi connectivity index (χ0) is 9.84. The summed E-state index contributed by atoms with van der Waals surface area (Å²) >= 11 is 0. The van der Waals surface area contributed by atoms with E-state index in [2.05, 4.69) is 9.97 Å². The van der Waals surface area contributed by atoms with Gasteiger partial charge in [-0.15, -0.1) is 0 Å². The summed E-state index contributed by atoms with van der Waals surface area (Å²) in [5.41, 5.74) is 3.09. The second kappa shape index (κ2) is 4.03. The maximum atomic E-state index is 4.20. The van der Waals surface area contributed by atoms with E-state index in [-0.39, 0.29) is 0 Å². The van der Waals surface area contributed by atoms with Crippen molar-refractivity contribution in [3.8, 4) is 0 Å². The highest BCUT2D eigenvalue weighted by Crippen LogP contribution is 2.04. The van der Waals surface area contributed by atoms with Crippen LogP contribution in [0.2, 0.25) is 0 Å². The minimum atomic E-state index is 0.968. The molecule has 0 amide bonds. The second-order valence-corrected chi connectivity index (χ2v) is 2.66. The van der Waals surface area contributed by atoms with Crippen LogP contribution in [0.5, 0.6) is 0 Å². The fourth-order valence-corrected chi connectivity index (χ4v) is 1.09. The maximum Gasteiger partial charge on any atom is 0.139 e. The molecule has 0 aliphatic carbocycles. The summed E-state index contributed by atoms with van der Waals surface area (Å²) in [5, 5.41) is 0. The summed E-state index contributed by atoms with van der Waals surface area (Å²) < 4.78 is 1.97. The van der Waals surface area contributed by atoms with Gasteiger partial charge in [-0.1, -0.05) is 13.8 Å². The second-order valence-electron chi connectivity index (χ2n) is 2.66. The van der Waals surface area contributed by atoms with Crippen LogP contribution in [-0.2, 0) is 0 Å². The van der Waals surface area contributed by atoms with E-state index < -0.39 is 0 Å². The molecule has 0 fully saturated rings. The lowest BCUT2D eigenvalue weighted by molar-refractivity contribution is 1.01. The van der Waals surface area contributed by atoms with Gasteiger partial charge in [-0.25, -0.2) is 9.97 Å². The van der Waals surface area contributed by atoms with Gasteiger partial charge in [0.05, 0.1) is 0 Å². The fraction of sp³-hybridized carbons (Fsp3) is 0.400. The van der Waals surface area contributed by atoms with Crippen molar-refractivity contribution < 1.29 is 0 Å². The van der Waals surface area contributed by atoms with Gasteiger partial charge >= 0.3 is 0 Å². The van der Waals surface area contributed by atoms with Gasteiger partial charge in [0.1, 0.15) is 12.0 Å². The topological polar surface area (TPSA) is 30.2 Å². The molecule has 3 heteroatoms. The Bertz CT molecular complexity index is 390. The molecule has 3 nitrogen and oxygen atoms in total. The van der Waals surface area contributed by atoms with E-state index in [0.717, 1.165) is 17.0 Å². The largest absolute Gasteiger partial charge is 0.288 e. The number of imidazole rings is 1. The third kappa shape index (κ3) is 1.86. The summed E-state index contributed by atoms with van der Waals surface area (Å²) in [7, 11) is 0. The van der Waals surface area contributed by atoms with Crippen molar-refractivity contribution in [1.82, 2.24) is 14.4 Å². The Balaban J connectivity index is 0.000000396. The highest BCUT2D eigenvalue weighted by Gasteiger charge is 1.97. The van der Waals surface area contributed by atoms with Crippen LogP contribution in [0, 0.1) is 13.8 Å². The normalized spacial score (nSPS) is 9.54. The molecule has 2 aromatic heterocycles. The average Bonchev–Trinajstić information content (AvgIpc) is 2.51. The predicted octanol–water partition coefficient (Wildman–Crippen LogP) is 2.37. The first-order valence-electron chi connectivity index (χ1n) is 4.54. The van der Waals surface area contributed by atoms with Gasteiger partial charge in [0.2, 0.25) is 0 Å². The van der Waals surface area contributed by atoms with Gasteiger partial charge in [-0.3, -0.25) is 4.40 Å². The minimum Gasteiger partial charge on any atom is -0.288 e. The molecule has 0 unspecified atom stereocenters. The molecule has 2 rings (SSSR count). The van der Waals surface area contributed by atoms with Crippen LogP contribution < -0.4 is 0 Å². The molecule has 0 saturated heterocycles. The molecule has 2 heterocycles. The van der Waals surface area contributed by atoms with Gasteiger partial charge < -0.3 is 0 Å². The first-order chi connectivity index (χ1) is 6.27. The van der Waals surface area contributed by atoms with Crippen molar-refractivity contribution in [3.63, 3.8) is 0 Å². The summed E-state index contributed by atoms with van der Waals surface area (Å²) in [5.74, 6) is 0. The fourth-order valence-electron chi connectivity index (χ4n) is 1.09. The van der Waals surface area contributed by atoms with Crippen molar-refractivity contribution in [3.05, 3.63) is 30.0 Å². The number of hydrogen-bond donors (Lipinski definition) is 0. The van der Waals surface area contributed by atoms with Gasteiger partial charge in [0.25, 0.3) is 0 Å². The van der Waals surface area contributed by atoms with Gasteiger partial charge in [0.15, 0.2) is 0 Å². The minimum absolute atomic E-state index is 0.968. The van der Waals surface area contributed by atoms with Crippen LogP contribution in [0.1, 0.15) is 25.2 Å². The van der Waals surface area contributed by atoms with E-state index in [1.165, 1.54) is 0 Å². The van der Waals surface area contributed by atoms with Gasteiger partial charge in [-0.2, -0.15) is 0 Å². The van der Waals surface area contributed by atoms with Crippen LogP contribution in [0.15, 0.2) is 18.6 Å². The van der Waals surface area contributed by atoms with Gasteiger partial charge in [-0.05, 0) is 13.8 Å². The number of aryl methyl sites for hydroxylation is 2. The average molecular weight is 177 g/mol. The standard InChI is InChI=1S/C8H9N3.C2H6/c1-6-3-8-9-4-7(2)11(8)5-10-6;1-2/h3-5H,1-2H3;1-2H3. The van der Waals surface area contributed by atoms with Crippen LogP contribution in [-0.4, -0.2) is 14.4 Å². The van der Waals surface area contributed by atoms with E-state index >= 15 is 0 Å². The lowest BCUT2D eigenvalue weighted by Gasteiger charge is -1.94. The predicted molar refractivity (Wildman–Crippen MR) is 53.8 cm³/mol. The van der Waals surface area contributed by atoms with Crippen LogP contribution in [0.4, 0.5) is 0 Å². The molecule has 0 saturated carbocycles. The van der Waals surface area contributed by atoms with Crippen molar-refractivity contribution in [2.45, 2.75) is 27.7 Å². The van der Waals surface area contributed by atoms with Gasteiger partial charge in [0, 0.05) is 23.7 Å². The maximum absolute atomic E-state index is 4.20. The van der Waals surface area contributed by atoms with E-state index in [1.54, 1.807) is 6.33 Å². The third-order valence-electron chi connectivity index (χ3n) is 1.73. The SMILES string of the molecule is CC.Cc1cc2ncc(C)n2cn1. The Kier molecular flexibility index (Phi) is 3.01. The van der Waals surface area contributed by atoms with Crippen molar-refractivity contribution >= 4 is 5.65 Å². The molecule has 0 aromatic carbocycles.